The second-order valence-electron chi connectivity index (χ2n) is 5.83. The van der Waals surface area contributed by atoms with Crippen LogP contribution in [0.25, 0.3) is 0 Å². The lowest BCUT2D eigenvalue weighted by Gasteiger charge is -2.21. The van der Waals surface area contributed by atoms with Crippen LogP contribution in [-0.4, -0.2) is 25.6 Å². The normalized spacial score (nSPS) is 16.9. The molecule has 0 spiro atoms. The number of rotatable bonds is 5. The topological polar surface area (TPSA) is 87.0 Å². The van der Waals surface area contributed by atoms with Crippen molar-refractivity contribution in [1.82, 2.24) is 5.32 Å². The number of nitriles is 1. The number of sulfone groups is 1. The lowest BCUT2D eigenvalue weighted by molar-refractivity contribution is -0.122. The summed E-state index contributed by atoms with van der Waals surface area (Å²) >= 11 is 0. The molecule has 0 radical (unpaired) electrons. The Labute approximate surface area is 131 Å². The van der Waals surface area contributed by atoms with E-state index in [0.29, 0.717) is 12.8 Å². The van der Waals surface area contributed by atoms with Crippen molar-refractivity contribution in [2.75, 3.05) is 5.75 Å². The van der Waals surface area contributed by atoms with Crippen molar-refractivity contribution in [3.8, 4) is 6.07 Å². The number of carbonyl (C=O) groups excluding carboxylic acids is 1. The Morgan fingerprint density at radius 2 is 1.86 bits per heavy atom. The van der Waals surface area contributed by atoms with Crippen LogP contribution < -0.4 is 5.32 Å². The zero-order valence-electron chi connectivity index (χ0n) is 12.6. The van der Waals surface area contributed by atoms with E-state index in [1.807, 2.05) is 6.92 Å². The van der Waals surface area contributed by atoms with Gasteiger partial charge < -0.3 is 5.32 Å². The summed E-state index contributed by atoms with van der Waals surface area (Å²) in [6.45, 7) is 1.88. The van der Waals surface area contributed by atoms with Crippen molar-refractivity contribution >= 4 is 15.7 Å². The number of amides is 1. The van der Waals surface area contributed by atoms with Crippen LogP contribution in [-0.2, 0) is 14.6 Å². The molecule has 118 valence electrons. The van der Waals surface area contributed by atoms with Gasteiger partial charge >= 0.3 is 0 Å². The number of nitrogens with one attached hydrogen (secondary N) is 1. The molecule has 1 fully saturated rings. The van der Waals surface area contributed by atoms with E-state index in [0.717, 1.165) is 18.4 Å². The molecular weight excluding hydrogens is 300 g/mol. The fourth-order valence-corrected chi connectivity index (χ4v) is 3.90. The van der Waals surface area contributed by atoms with Crippen molar-refractivity contribution in [1.29, 1.82) is 5.26 Å². The van der Waals surface area contributed by atoms with Gasteiger partial charge in [-0.25, -0.2) is 8.42 Å². The van der Waals surface area contributed by atoms with E-state index >= 15 is 0 Å². The van der Waals surface area contributed by atoms with E-state index in [9.17, 15) is 18.5 Å². The van der Waals surface area contributed by atoms with Gasteiger partial charge in [0.2, 0.25) is 5.91 Å². The van der Waals surface area contributed by atoms with Gasteiger partial charge in [-0.05, 0) is 44.7 Å². The molecule has 0 aliphatic heterocycles. The number of carbonyl (C=O) groups is 1. The van der Waals surface area contributed by atoms with Crippen LogP contribution in [0.2, 0.25) is 0 Å². The molecule has 5 nitrogen and oxygen atoms in total. The molecule has 1 N–H and O–H groups in total. The number of benzene rings is 1. The van der Waals surface area contributed by atoms with Crippen LogP contribution in [0.15, 0.2) is 29.2 Å². The molecule has 0 aromatic heterocycles. The first-order valence-corrected chi connectivity index (χ1v) is 9.04. The monoisotopic (exact) mass is 320 g/mol. The summed E-state index contributed by atoms with van der Waals surface area (Å²) in [5.41, 5.74) is 0.180. The van der Waals surface area contributed by atoms with Crippen LogP contribution in [0.3, 0.4) is 0 Å². The first-order valence-electron chi connectivity index (χ1n) is 7.39. The Hall–Kier alpha value is -1.87. The van der Waals surface area contributed by atoms with Gasteiger partial charge in [-0.2, -0.15) is 5.26 Å². The molecule has 6 heteroatoms. The molecule has 0 atom stereocenters. The Balaban J connectivity index is 1.96. The largest absolute Gasteiger partial charge is 0.338 e. The number of hydrogen-bond donors (Lipinski definition) is 1. The van der Waals surface area contributed by atoms with Crippen molar-refractivity contribution in [3.63, 3.8) is 0 Å². The van der Waals surface area contributed by atoms with Gasteiger partial charge in [0.25, 0.3) is 0 Å². The van der Waals surface area contributed by atoms with Gasteiger partial charge in [-0.3, -0.25) is 4.79 Å². The minimum atomic E-state index is -3.48. The third kappa shape index (κ3) is 3.86. The van der Waals surface area contributed by atoms with Crippen LogP contribution in [0.4, 0.5) is 0 Å². The molecule has 22 heavy (non-hydrogen) atoms. The molecule has 0 saturated heterocycles. The van der Waals surface area contributed by atoms with E-state index in [4.69, 9.17) is 0 Å². The second-order valence-corrected chi connectivity index (χ2v) is 7.94. The average Bonchev–Trinajstić information content (AvgIpc) is 2.95. The Kier molecular flexibility index (Phi) is 4.87. The highest BCUT2D eigenvalue weighted by molar-refractivity contribution is 7.91. The lowest BCUT2D eigenvalue weighted by atomic mass is 10.00. The van der Waals surface area contributed by atoms with E-state index in [1.165, 1.54) is 0 Å². The summed E-state index contributed by atoms with van der Waals surface area (Å²) in [5, 5.41) is 11.9. The van der Waals surface area contributed by atoms with E-state index < -0.39 is 15.4 Å². The highest BCUT2D eigenvalue weighted by atomic mass is 32.2. The summed E-state index contributed by atoms with van der Waals surface area (Å²) < 4.78 is 24.4. The first-order chi connectivity index (χ1) is 10.4. The molecular formula is C16H20N2O3S. The van der Waals surface area contributed by atoms with Crippen LogP contribution >= 0.6 is 0 Å². The fourth-order valence-electron chi connectivity index (χ4n) is 2.66. The quantitative estimate of drug-likeness (QED) is 0.900. The molecule has 1 aliphatic carbocycles. The SMILES string of the molecule is Cc1ccc(S(=O)(=O)CCC(=O)NC2(C#N)CCCC2)cc1. The molecule has 2 rings (SSSR count). The molecule has 1 amide bonds. The predicted molar refractivity (Wildman–Crippen MR) is 82.8 cm³/mol. The predicted octanol–water partition coefficient (Wildman–Crippen LogP) is 2.11. The van der Waals surface area contributed by atoms with Crippen molar-refractivity contribution < 1.29 is 13.2 Å². The fraction of sp³-hybridized carbons (Fsp3) is 0.500. The molecule has 0 heterocycles. The van der Waals surface area contributed by atoms with Gasteiger partial charge in [-0.1, -0.05) is 17.7 Å². The number of nitrogens with zero attached hydrogens (tertiary/aromatic N) is 1. The van der Waals surface area contributed by atoms with Gasteiger partial charge in [0, 0.05) is 6.42 Å². The summed E-state index contributed by atoms with van der Waals surface area (Å²) in [5.74, 6) is -0.622. The molecule has 0 unspecified atom stereocenters. The van der Waals surface area contributed by atoms with Crippen molar-refractivity contribution in [3.05, 3.63) is 29.8 Å². The molecule has 1 aliphatic rings. The molecule has 1 aromatic carbocycles. The number of hydrogen-bond acceptors (Lipinski definition) is 4. The van der Waals surface area contributed by atoms with Gasteiger partial charge in [-0.15, -0.1) is 0 Å². The van der Waals surface area contributed by atoms with E-state index in [-0.39, 0.29) is 23.0 Å². The zero-order chi connectivity index (χ0) is 16.2. The third-order valence-electron chi connectivity index (χ3n) is 4.03. The molecule has 0 bridgehead atoms. The zero-order valence-corrected chi connectivity index (χ0v) is 13.4. The molecule has 1 aromatic rings. The highest BCUT2D eigenvalue weighted by Crippen LogP contribution is 2.29. The van der Waals surface area contributed by atoms with E-state index in [2.05, 4.69) is 11.4 Å². The maximum absolute atomic E-state index is 12.2. The lowest BCUT2D eigenvalue weighted by Crippen LogP contribution is -2.45. The van der Waals surface area contributed by atoms with Crippen LogP contribution in [0.5, 0.6) is 0 Å². The highest BCUT2D eigenvalue weighted by Gasteiger charge is 2.35. The third-order valence-corrected chi connectivity index (χ3v) is 5.76. The number of aryl methyl sites for hydroxylation is 1. The van der Waals surface area contributed by atoms with Gasteiger partial charge in [0.1, 0.15) is 5.54 Å². The van der Waals surface area contributed by atoms with Gasteiger partial charge in [0.05, 0.1) is 16.7 Å². The Morgan fingerprint density at radius 1 is 1.27 bits per heavy atom. The van der Waals surface area contributed by atoms with Crippen LogP contribution in [0, 0.1) is 18.3 Å². The van der Waals surface area contributed by atoms with Gasteiger partial charge in [0.15, 0.2) is 9.84 Å². The minimum absolute atomic E-state index is 0.125. The first kappa shape index (κ1) is 16.5. The van der Waals surface area contributed by atoms with Crippen molar-refractivity contribution in [2.24, 2.45) is 0 Å². The molecule has 1 saturated carbocycles. The average molecular weight is 320 g/mol. The Bertz CT molecular complexity index is 681. The summed E-state index contributed by atoms with van der Waals surface area (Å²) in [4.78, 5) is 12.2. The van der Waals surface area contributed by atoms with E-state index in [1.54, 1.807) is 24.3 Å². The standard InChI is InChI=1S/C16H20N2O3S/c1-13-4-6-14(7-5-13)22(20,21)11-8-15(19)18-16(12-17)9-2-3-10-16/h4-7H,2-3,8-11H2,1H3,(H,18,19). The smallest absolute Gasteiger partial charge is 0.222 e. The second kappa shape index (κ2) is 6.49. The summed E-state index contributed by atoms with van der Waals surface area (Å²) in [6.07, 6.45) is 2.98. The maximum atomic E-state index is 12.2. The summed E-state index contributed by atoms with van der Waals surface area (Å²) in [7, 11) is -3.48. The van der Waals surface area contributed by atoms with Crippen molar-refractivity contribution in [2.45, 2.75) is 49.5 Å². The van der Waals surface area contributed by atoms with Crippen LogP contribution in [0.1, 0.15) is 37.7 Å². The maximum Gasteiger partial charge on any atom is 0.222 e. The minimum Gasteiger partial charge on any atom is -0.338 e. The summed E-state index contributed by atoms with van der Waals surface area (Å²) in [6, 6.07) is 8.73. The Morgan fingerprint density at radius 3 is 2.41 bits per heavy atom.